The van der Waals surface area contributed by atoms with Crippen LogP contribution >= 0.6 is 0 Å². The van der Waals surface area contributed by atoms with Gasteiger partial charge in [-0.3, -0.25) is 0 Å². The van der Waals surface area contributed by atoms with Crippen LogP contribution in [0.5, 0.6) is 5.75 Å². The van der Waals surface area contributed by atoms with Crippen molar-refractivity contribution in [1.29, 1.82) is 0 Å². The molecule has 3 heteroatoms. The number of ether oxygens (including phenoxy) is 1. The fourth-order valence-electron chi connectivity index (χ4n) is 2.26. The van der Waals surface area contributed by atoms with Crippen molar-refractivity contribution >= 4 is 0 Å². The number of rotatable bonds is 5. The van der Waals surface area contributed by atoms with Crippen LogP contribution in [0.1, 0.15) is 35.6 Å². The maximum atomic E-state index is 5.77. The molecule has 19 heavy (non-hydrogen) atoms. The van der Waals surface area contributed by atoms with Gasteiger partial charge in [0.25, 0.3) is 0 Å². The number of nitrogens with one attached hydrogen (secondary N) is 1. The van der Waals surface area contributed by atoms with Crippen molar-refractivity contribution in [2.24, 2.45) is 0 Å². The zero-order chi connectivity index (χ0) is 13.8. The Morgan fingerprint density at radius 1 is 1.21 bits per heavy atom. The Kier molecular flexibility index (Phi) is 4.27. The molecule has 0 aliphatic carbocycles. The van der Waals surface area contributed by atoms with Crippen molar-refractivity contribution in [3.05, 3.63) is 53.0 Å². The van der Waals surface area contributed by atoms with Gasteiger partial charge in [-0.2, -0.15) is 0 Å². The van der Waals surface area contributed by atoms with Crippen LogP contribution in [-0.4, -0.2) is 13.7 Å². The van der Waals surface area contributed by atoms with Crippen LogP contribution in [0.4, 0.5) is 0 Å². The number of furan rings is 1. The minimum absolute atomic E-state index is 0.0218. The fraction of sp³-hybridized carbons (Fsp3) is 0.375. The van der Waals surface area contributed by atoms with E-state index in [1.165, 1.54) is 5.56 Å². The van der Waals surface area contributed by atoms with Gasteiger partial charge in [-0.05, 0) is 38.6 Å². The molecule has 0 radical (unpaired) electrons. The molecular weight excluding hydrogens is 238 g/mol. The Balaban J connectivity index is 2.46. The molecule has 2 aromatic rings. The molecular formula is C16H21NO2. The Labute approximate surface area is 114 Å². The summed E-state index contributed by atoms with van der Waals surface area (Å²) in [6, 6.07) is 10.2. The lowest BCUT2D eigenvalue weighted by molar-refractivity contribution is 0.390. The topological polar surface area (TPSA) is 34.4 Å². The lowest BCUT2D eigenvalue weighted by Crippen LogP contribution is -2.22. The summed E-state index contributed by atoms with van der Waals surface area (Å²) in [5.74, 6) is 2.72. The van der Waals surface area contributed by atoms with Gasteiger partial charge < -0.3 is 14.5 Å². The monoisotopic (exact) mass is 259 g/mol. The van der Waals surface area contributed by atoms with Gasteiger partial charge in [0.05, 0.1) is 13.2 Å². The predicted octanol–water partition coefficient (Wildman–Crippen LogP) is 3.60. The van der Waals surface area contributed by atoms with Gasteiger partial charge >= 0.3 is 0 Å². The van der Waals surface area contributed by atoms with E-state index in [1.54, 1.807) is 7.11 Å². The molecule has 0 saturated carbocycles. The number of benzene rings is 1. The quantitative estimate of drug-likeness (QED) is 0.890. The van der Waals surface area contributed by atoms with E-state index in [1.807, 2.05) is 25.1 Å². The van der Waals surface area contributed by atoms with Crippen LogP contribution in [0, 0.1) is 13.8 Å². The SMILES string of the molecule is CCNC(c1ccc(C)o1)c1cc(C)ccc1OC. The van der Waals surface area contributed by atoms with E-state index in [4.69, 9.17) is 9.15 Å². The molecule has 0 aliphatic rings. The first-order valence-corrected chi connectivity index (χ1v) is 6.60. The van der Waals surface area contributed by atoms with Gasteiger partial charge in [0.15, 0.2) is 0 Å². The normalized spacial score (nSPS) is 12.4. The minimum atomic E-state index is 0.0218. The van der Waals surface area contributed by atoms with E-state index in [2.05, 4.69) is 31.3 Å². The van der Waals surface area contributed by atoms with Crippen LogP contribution < -0.4 is 10.1 Å². The summed E-state index contributed by atoms with van der Waals surface area (Å²) >= 11 is 0. The first-order valence-electron chi connectivity index (χ1n) is 6.60. The Bertz CT molecular complexity index is 545. The maximum Gasteiger partial charge on any atom is 0.125 e. The van der Waals surface area contributed by atoms with E-state index in [-0.39, 0.29) is 6.04 Å². The summed E-state index contributed by atoms with van der Waals surface area (Å²) in [5, 5.41) is 3.46. The zero-order valence-corrected chi connectivity index (χ0v) is 12.0. The summed E-state index contributed by atoms with van der Waals surface area (Å²) in [5.41, 5.74) is 2.32. The van der Waals surface area contributed by atoms with Gasteiger partial charge in [0, 0.05) is 5.56 Å². The fourth-order valence-corrected chi connectivity index (χ4v) is 2.26. The first-order chi connectivity index (χ1) is 9.15. The molecule has 0 amide bonds. The molecule has 1 heterocycles. The zero-order valence-electron chi connectivity index (χ0n) is 12.0. The molecule has 1 aromatic carbocycles. The van der Waals surface area contributed by atoms with E-state index < -0.39 is 0 Å². The number of methoxy groups -OCH3 is 1. The van der Waals surface area contributed by atoms with Gasteiger partial charge in [-0.1, -0.05) is 24.6 Å². The highest BCUT2D eigenvalue weighted by molar-refractivity contribution is 5.42. The summed E-state index contributed by atoms with van der Waals surface area (Å²) < 4.78 is 11.2. The molecule has 1 aromatic heterocycles. The smallest absolute Gasteiger partial charge is 0.125 e. The minimum Gasteiger partial charge on any atom is -0.496 e. The Morgan fingerprint density at radius 2 is 2.00 bits per heavy atom. The highest BCUT2D eigenvalue weighted by Gasteiger charge is 2.20. The van der Waals surface area contributed by atoms with Gasteiger partial charge in [-0.25, -0.2) is 0 Å². The average Bonchev–Trinajstić information content (AvgIpc) is 2.82. The number of aryl methyl sites for hydroxylation is 2. The van der Waals surface area contributed by atoms with Crippen molar-refractivity contribution in [2.75, 3.05) is 13.7 Å². The highest BCUT2D eigenvalue weighted by atomic mass is 16.5. The molecule has 1 atom stereocenters. The van der Waals surface area contributed by atoms with Gasteiger partial charge in [-0.15, -0.1) is 0 Å². The Hall–Kier alpha value is -1.74. The summed E-state index contributed by atoms with van der Waals surface area (Å²) in [7, 11) is 1.70. The predicted molar refractivity (Wildman–Crippen MR) is 76.7 cm³/mol. The third kappa shape index (κ3) is 2.99. The van der Waals surface area contributed by atoms with Gasteiger partial charge in [0.2, 0.25) is 0 Å². The Morgan fingerprint density at radius 3 is 2.58 bits per heavy atom. The molecule has 3 nitrogen and oxygen atoms in total. The van der Waals surface area contributed by atoms with Crippen molar-refractivity contribution < 1.29 is 9.15 Å². The standard InChI is InChI=1S/C16H21NO2/c1-5-17-16(15-9-7-12(3)19-15)13-10-11(2)6-8-14(13)18-4/h6-10,16-17H,5H2,1-4H3. The number of hydrogen-bond donors (Lipinski definition) is 1. The third-order valence-corrected chi connectivity index (χ3v) is 3.15. The summed E-state index contributed by atoms with van der Waals surface area (Å²) in [4.78, 5) is 0. The molecule has 102 valence electrons. The molecule has 0 saturated heterocycles. The molecule has 0 spiro atoms. The van der Waals surface area contributed by atoms with Crippen LogP contribution in [-0.2, 0) is 0 Å². The van der Waals surface area contributed by atoms with Crippen LogP contribution in [0.2, 0.25) is 0 Å². The van der Waals surface area contributed by atoms with Crippen LogP contribution in [0.25, 0.3) is 0 Å². The van der Waals surface area contributed by atoms with Crippen molar-refractivity contribution in [2.45, 2.75) is 26.8 Å². The maximum absolute atomic E-state index is 5.77. The molecule has 0 aliphatic heterocycles. The molecule has 2 rings (SSSR count). The molecule has 1 N–H and O–H groups in total. The lowest BCUT2D eigenvalue weighted by atomic mass is 10.0. The summed E-state index contributed by atoms with van der Waals surface area (Å²) in [6.07, 6.45) is 0. The third-order valence-electron chi connectivity index (χ3n) is 3.15. The second kappa shape index (κ2) is 5.93. The van der Waals surface area contributed by atoms with Crippen LogP contribution in [0.3, 0.4) is 0 Å². The second-order valence-electron chi connectivity index (χ2n) is 4.68. The molecule has 0 bridgehead atoms. The van der Waals surface area contributed by atoms with E-state index in [9.17, 15) is 0 Å². The molecule has 0 fully saturated rings. The largest absolute Gasteiger partial charge is 0.496 e. The second-order valence-corrected chi connectivity index (χ2v) is 4.68. The van der Waals surface area contributed by atoms with Crippen LogP contribution in [0.15, 0.2) is 34.7 Å². The van der Waals surface area contributed by atoms with E-state index in [0.717, 1.165) is 29.4 Å². The van der Waals surface area contributed by atoms with Crippen molar-refractivity contribution in [3.63, 3.8) is 0 Å². The van der Waals surface area contributed by atoms with E-state index in [0.29, 0.717) is 0 Å². The summed E-state index contributed by atoms with van der Waals surface area (Å²) in [6.45, 7) is 6.99. The highest BCUT2D eigenvalue weighted by Crippen LogP contribution is 2.31. The van der Waals surface area contributed by atoms with Crippen molar-refractivity contribution in [3.8, 4) is 5.75 Å². The first kappa shape index (κ1) is 13.7. The molecule has 1 unspecified atom stereocenters. The average molecular weight is 259 g/mol. The van der Waals surface area contributed by atoms with Gasteiger partial charge in [0.1, 0.15) is 17.3 Å². The van der Waals surface area contributed by atoms with E-state index >= 15 is 0 Å². The number of hydrogen-bond acceptors (Lipinski definition) is 3. The lowest BCUT2D eigenvalue weighted by Gasteiger charge is -2.19. The van der Waals surface area contributed by atoms with Crippen molar-refractivity contribution in [1.82, 2.24) is 5.32 Å².